The van der Waals surface area contributed by atoms with E-state index in [0.717, 1.165) is 36.5 Å². The average Bonchev–Trinajstić information content (AvgIpc) is 3.32. The number of rotatable bonds is 8. The number of hydrogen-bond acceptors (Lipinski definition) is 4. The Bertz CT molecular complexity index is 1130. The van der Waals surface area contributed by atoms with Gasteiger partial charge < -0.3 is 10.2 Å². The van der Waals surface area contributed by atoms with Crippen molar-refractivity contribution in [3.63, 3.8) is 0 Å². The molecule has 4 rings (SSSR count). The number of anilines is 1. The van der Waals surface area contributed by atoms with E-state index in [1.54, 1.807) is 6.20 Å². The second-order valence-electron chi connectivity index (χ2n) is 9.46. The lowest BCUT2D eigenvalue weighted by Crippen LogP contribution is -2.30. The minimum Gasteiger partial charge on any atom is -0.352 e. The first-order chi connectivity index (χ1) is 16.4. The summed E-state index contributed by atoms with van der Waals surface area (Å²) in [6, 6.07) is 16.6. The summed E-state index contributed by atoms with van der Waals surface area (Å²) < 4.78 is 0. The van der Waals surface area contributed by atoms with E-state index < -0.39 is 0 Å². The molecule has 1 aromatic heterocycles. The van der Waals surface area contributed by atoms with Crippen LogP contribution < -0.4 is 10.2 Å². The minimum atomic E-state index is -0.101. The second kappa shape index (κ2) is 11.0. The van der Waals surface area contributed by atoms with Crippen LogP contribution in [0.2, 0.25) is 5.02 Å². The van der Waals surface area contributed by atoms with E-state index in [4.69, 9.17) is 16.6 Å². The molecular formula is C28H33ClN4O. The molecular weight excluding hydrogens is 444 g/mol. The number of halogens is 1. The van der Waals surface area contributed by atoms with Crippen LogP contribution in [0.4, 0.5) is 5.95 Å². The molecule has 1 N–H and O–H groups in total. The van der Waals surface area contributed by atoms with Crippen LogP contribution >= 0.6 is 11.6 Å². The molecule has 2 heterocycles. The van der Waals surface area contributed by atoms with Crippen molar-refractivity contribution in [3.8, 4) is 0 Å². The predicted molar refractivity (Wildman–Crippen MR) is 139 cm³/mol. The predicted octanol–water partition coefficient (Wildman–Crippen LogP) is 5.95. The van der Waals surface area contributed by atoms with Gasteiger partial charge >= 0.3 is 0 Å². The molecule has 2 aromatic carbocycles. The van der Waals surface area contributed by atoms with Crippen LogP contribution in [-0.2, 0) is 12.8 Å². The Hall–Kier alpha value is -2.92. The van der Waals surface area contributed by atoms with Crippen LogP contribution in [0.5, 0.6) is 0 Å². The summed E-state index contributed by atoms with van der Waals surface area (Å²) in [5.41, 5.74) is 5.11. The van der Waals surface area contributed by atoms with Gasteiger partial charge in [-0.15, -0.1) is 0 Å². The third-order valence-corrected chi connectivity index (χ3v) is 6.68. The molecule has 1 aliphatic rings. The van der Waals surface area contributed by atoms with Crippen LogP contribution in [0.3, 0.4) is 0 Å². The van der Waals surface area contributed by atoms with Crippen LogP contribution in [0.25, 0.3) is 0 Å². The van der Waals surface area contributed by atoms with Gasteiger partial charge in [0.25, 0.3) is 5.91 Å². The highest BCUT2D eigenvalue weighted by molar-refractivity contribution is 6.30. The Kier molecular flexibility index (Phi) is 7.84. The molecule has 34 heavy (non-hydrogen) atoms. The van der Waals surface area contributed by atoms with Crippen LogP contribution in [0.15, 0.2) is 54.7 Å². The van der Waals surface area contributed by atoms with Gasteiger partial charge in [0.05, 0.1) is 17.3 Å². The first-order valence-corrected chi connectivity index (χ1v) is 12.5. The SMILES string of the molecule is Cc1ccccc1CCc1nc(N2CCCC2c2ccc(Cl)cc2)ncc1C(=O)NCC(C)C. The summed E-state index contributed by atoms with van der Waals surface area (Å²) >= 11 is 6.10. The Labute approximate surface area is 207 Å². The van der Waals surface area contributed by atoms with Crippen molar-refractivity contribution in [2.45, 2.75) is 52.5 Å². The summed E-state index contributed by atoms with van der Waals surface area (Å²) in [5, 5.41) is 3.77. The molecule has 1 unspecified atom stereocenters. The molecule has 1 atom stereocenters. The van der Waals surface area contributed by atoms with Gasteiger partial charge in [-0.05, 0) is 67.3 Å². The molecule has 178 valence electrons. The van der Waals surface area contributed by atoms with Crippen molar-refractivity contribution >= 4 is 23.5 Å². The number of amides is 1. The third kappa shape index (κ3) is 5.76. The lowest BCUT2D eigenvalue weighted by molar-refractivity contribution is 0.0947. The molecule has 0 saturated carbocycles. The summed E-state index contributed by atoms with van der Waals surface area (Å²) in [5.74, 6) is 0.970. The summed E-state index contributed by atoms with van der Waals surface area (Å²) in [6.45, 7) is 7.82. The van der Waals surface area contributed by atoms with Crippen molar-refractivity contribution < 1.29 is 4.79 Å². The Balaban J connectivity index is 1.63. The number of benzene rings is 2. The van der Waals surface area contributed by atoms with Gasteiger partial charge in [-0.2, -0.15) is 0 Å². The number of hydrogen-bond donors (Lipinski definition) is 1. The molecule has 6 heteroatoms. The fourth-order valence-corrected chi connectivity index (χ4v) is 4.62. The van der Waals surface area contributed by atoms with E-state index in [0.29, 0.717) is 30.4 Å². The molecule has 0 spiro atoms. The Morgan fingerprint density at radius 3 is 2.65 bits per heavy atom. The number of aryl methyl sites for hydroxylation is 3. The average molecular weight is 477 g/mol. The van der Waals surface area contributed by atoms with Crippen molar-refractivity contribution in [2.24, 2.45) is 5.92 Å². The molecule has 1 aliphatic heterocycles. The highest BCUT2D eigenvalue weighted by atomic mass is 35.5. The van der Waals surface area contributed by atoms with Crippen molar-refractivity contribution in [1.29, 1.82) is 0 Å². The highest BCUT2D eigenvalue weighted by Crippen LogP contribution is 2.35. The van der Waals surface area contributed by atoms with Gasteiger partial charge in [-0.1, -0.05) is 61.8 Å². The zero-order valence-electron chi connectivity index (χ0n) is 20.2. The maximum Gasteiger partial charge on any atom is 0.254 e. The van der Waals surface area contributed by atoms with Crippen molar-refractivity contribution in [2.75, 3.05) is 18.0 Å². The van der Waals surface area contributed by atoms with Crippen LogP contribution in [0.1, 0.15) is 65.5 Å². The Morgan fingerprint density at radius 1 is 1.15 bits per heavy atom. The maximum atomic E-state index is 13.0. The molecule has 0 aliphatic carbocycles. The van der Waals surface area contributed by atoms with E-state index in [1.807, 2.05) is 12.1 Å². The summed E-state index contributed by atoms with van der Waals surface area (Å²) in [7, 11) is 0. The van der Waals surface area contributed by atoms with Gasteiger partial charge in [-0.3, -0.25) is 4.79 Å². The number of carbonyl (C=O) groups excluding carboxylic acids is 1. The maximum absolute atomic E-state index is 13.0. The van der Waals surface area contributed by atoms with E-state index in [9.17, 15) is 4.79 Å². The molecule has 0 radical (unpaired) electrons. The van der Waals surface area contributed by atoms with Gasteiger partial charge in [0.2, 0.25) is 5.95 Å². The van der Waals surface area contributed by atoms with Gasteiger partial charge in [0.1, 0.15) is 0 Å². The third-order valence-electron chi connectivity index (χ3n) is 6.43. The second-order valence-corrected chi connectivity index (χ2v) is 9.90. The molecule has 1 fully saturated rings. The number of nitrogens with zero attached hydrogens (tertiary/aromatic N) is 3. The zero-order chi connectivity index (χ0) is 24.1. The number of carbonyl (C=O) groups is 1. The molecule has 0 bridgehead atoms. The van der Waals surface area contributed by atoms with E-state index >= 15 is 0 Å². The Morgan fingerprint density at radius 2 is 1.91 bits per heavy atom. The summed E-state index contributed by atoms with van der Waals surface area (Å²) in [4.78, 5) is 24.9. The van der Waals surface area contributed by atoms with Gasteiger partial charge in [0.15, 0.2) is 0 Å². The highest BCUT2D eigenvalue weighted by Gasteiger charge is 2.29. The molecule has 1 amide bonds. The normalized spacial score (nSPS) is 15.7. The molecule has 5 nitrogen and oxygen atoms in total. The van der Waals surface area contributed by atoms with Crippen LogP contribution in [-0.4, -0.2) is 29.0 Å². The van der Waals surface area contributed by atoms with Gasteiger partial charge in [0, 0.05) is 24.3 Å². The first kappa shape index (κ1) is 24.2. The molecule has 1 saturated heterocycles. The fourth-order valence-electron chi connectivity index (χ4n) is 4.50. The van der Waals surface area contributed by atoms with Crippen molar-refractivity contribution in [3.05, 3.63) is 87.7 Å². The van der Waals surface area contributed by atoms with E-state index in [-0.39, 0.29) is 11.9 Å². The smallest absolute Gasteiger partial charge is 0.254 e. The van der Waals surface area contributed by atoms with E-state index in [1.165, 1.54) is 16.7 Å². The summed E-state index contributed by atoms with van der Waals surface area (Å²) in [6.07, 6.45) is 5.34. The van der Waals surface area contributed by atoms with Crippen LogP contribution in [0, 0.1) is 12.8 Å². The largest absolute Gasteiger partial charge is 0.352 e. The number of aromatic nitrogens is 2. The minimum absolute atomic E-state index is 0.101. The van der Waals surface area contributed by atoms with E-state index in [2.05, 4.69) is 72.4 Å². The van der Waals surface area contributed by atoms with Crippen molar-refractivity contribution in [1.82, 2.24) is 15.3 Å². The van der Waals surface area contributed by atoms with Gasteiger partial charge in [-0.25, -0.2) is 9.97 Å². The monoisotopic (exact) mass is 476 g/mol. The topological polar surface area (TPSA) is 58.1 Å². The quantitative estimate of drug-likeness (QED) is 0.436. The fraction of sp³-hybridized carbons (Fsp3) is 0.393. The lowest BCUT2D eigenvalue weighted by atomic mass is 10.0. The standard InChI is InChI=1S/C28H33ClN4O/c1-19(2)17-30-27(34)24-18-31-28(32-25(24)15-12-21-8-5-4-7-20(21)3)33-16-6-9-26(33)22-10-13-23(29)14-11-22/h4-5,7-8,10-11,13-14,18-19,26H,6,9,12,15-17H2,1-3H3,(H,30,34). The number of nitrogens with one attached hydrogen (secondary N) is 1. The molecule has 3 aromatic rings. The lowest BCUT2D eigenvalue weighted by Gasteiger charge is -2.26. The first-order valence-electron chi connectivity index (χ1n) is 12.1. The zero-order valence-corrected chi connectivity index (χ0v) is 21.0.